The molecule has 116 valence electrons. The summed E-state index contributed by atoms with van der Waals surface area (Å²) in [6.07, 6.45) is 6.04. The van der Waals surface area contributed by atoms with E-state index in [0.29, 0.717) is 23.9 Å². The van der Waals surface area contributed by atoms with Crippen LogP contribution in [0.2, 0.25) is 0 Å². The zero-order valence-corrected chi connectivity index (χ0v) is 13.0. The Morgan fingerprint density at radius 2 is 2.19 bits per heavy atom. The van der Waals surface area contributed by atoms with Crippen LogP contribution in [0.5, 0.6) is 0 Å². The maximum atomic E-state index is 12.1. The van der Waals surface area contributed by atoms with Crippen molar-refractivity contribution in [2.24, 2.45) is 5.92 Å². The highest BCUT2D eigenvalue weighted by Crippen LogP contribution is 2.32. The first-order chi connectivity index (χ1) is 10.2. The largest absolute Gasteiger partial charge is 0.462 e. The van der Waals surface area contributed by atoms with Crippen LogP contribution in [0.15, 0.2) is 18.2 Å². The van der Waals surface area contributed by atoms with Gasteiger partial charge in [0.2, 0.25) is 0 Å². The molecule has 4 heteroatoms. The summed E-state index contributed by atoms with van der Waals surface area (Å²) in [5.74, 6) is 0.461. The Hall–Kier alpha value is -1.71. The predicted molar refractivity (Wildman–Crippen MR) is 86.5 cm³/mol. The normalized spacial score (nSPS) is 21.8. The number of rotatable bonds is 5. The minimum atomic E-state index is -0.310. The lowest BCUT2D eigenvalue weighted by atomic mass is 9.84. The van der Waals surface area contributed by atoms with Crippen LogP contribution in [-0.2, 0) is 4.74 Å². The van der Waals surface area contributed by atoms with E-state index in [4.69, 9.17) is 10.5 Å². The zero-order valence-electron chi connectivity index (χ0n) is 13.0. The number of ether oxygens (including phenoxy) is 1. The van der Waals surface area contributed by atoms with Gasteiger partial charge in [-0.2, -0.15) is 0 Å². The lowest BCUT2D eigenvalue weighted by Crippen LogP contribution is -2.28. The fourth-order valence-electron chi connectivity index (χ4n) is 3.11. The minimum absolute atomic E-state index is 0.310. The van der Waals surface area contributed by atoms with Gasteiger partial charge in [-0.05, 0) is 37.8 Å². The third-order valence-corrected chi connectivity index (χ3v) is 4.30. The molecule has 1 saturated carbocycles. The highest BCUT2D eigenvalue weighted by Gasteiger charge is 2.23. The van der Waals surface area contributed by atoms with Gasteiger partial charge in [-0.1, -0.05) is 32.3 Å². The van der Waals surface area contributed by atoms with Crippen molar-refractivity contribution in [3.63, 3.8) is 0 Å². The maximum absolute atomic E-state index is 12.1. The zero-order chi connectivity index (χ0) is 15.2. The molecule has 0 radical (unpaired) electrons. The van der Waals surface area contributed by atoms with Crippen LogP contribution in [0.3, 0.4) is 0 Å². The number of anilines is 2. The van der Waals surface area contributed by atoms with Crippen LogP contribution >= 0.6 is 0 Å². The number of benzene rings is 1. The first-order valence-corrected chi connectivity index (χ1v) is 7.97. The monoisotopic (exact) mass is 290 g/mol. The second kappa shape index (κ2) is 7.34. The van der Waals surface area contributed by atoms with Crippen LogP contribution in [0.4, 0.5) is 11.4 Å². The fraction of sp³-hybridized carbons (Fsp3) is 0.588. The Morgan fingerprint density at radius 3 is 2.90 bits per heavy atom. The first kappa shape index (κ1) is 15.7. The minimum Gasteiger partial charge on any atom is -0.462 e. The molecule has 21 heavy (non-hydrogen) atoms. The molecule has 0 spiro atoms. The molecule has 0 aliphatic heterocycles. The van der Waals surface area contributed by atoms with E-state index in [2.05, 4.69) is 12.2 Å². The molecule has 0 saturated heterocycles. The number of hydrogen-bond acceptors (Lipinski definition) is 4. The lowest BCUT2D eigenvalue weighted by molar-refractivity contribution is 0.0527. The van der Waals surface area contributed by atoms with Gasteiger partial charge in [0, 0.05) is 6.04 Å². The van der Waals surface area contributed by atoms with Gasteiger partial charge in [0.15, 0.2) is 0 Å². The van der Waals surface area contributed by atoms with Gasteiger partial charge in [0.05, 0.1) is 23.5 Å². The number of carbonyl (C=O) groups excluding carboxylic acids is 1. The first-order valence-electron chi connectivity index (χ1n) is 7.97. The average Bonchev–Trinajstić information content (AvgIpc) is 2.49. The quantitative estimate of drug-likeness (QED) is 0.639. The summed E-state index contributed by atoms with van der Waals surface area (Å²) in [5, 5.41) is 3.50. The molecule has 0 bridgehead atoms. The Kier molecular flexibility index (Phi) is 5.48. The second-order valence-electron chi connectivity index (χ2n) is 5.77. The van der Waals surface area contributed by atoms with E-state index in [1.165, 1.54) is 19.3 Å². The molecule has 1 aliphatic carbocycles. The van der Waals surface area contributed by atoms with E-state index in [9.17, 15) is 4.79 Å². The number of hydrogen-bond donors (Lipinski definition) is 2. The Bertz CT molecular complexity index is 488. The number of esters is 1. The summed E-state index contributed by atoms with van der Waals surface area (Å²) < 4.78 is 5.12. The van der Waals surface area contributed by atoms with Gasteiger partial charge in [-0.15, -0.1) is 0 Å². The molecule has 2 atom stereocenters. The average molecular weight is 290 g/mol. The topological polar surface area (TPSA) is 64.3 Å². The molecule has 1 aromatic rings. The van der Waals surface area contributed by atoms with E-state index < -0.39 is 0 Å². The highest BCUT2D eigenvalue weighted by atomic mass is 16.5. The van der Waals surface area contributed by atoms with Crippen molar-refractivity contribution in [2.75, 3.05) is 17.7 Å². The maximum Gasteiger partial charge on any atom is 0.340 e. The van der Waals surface area contributed by atoms with Gasteiger partial charge in [-0.3, -0.25) is 0 Å². The van der Waals surface area contributed by atoms with Crippen LogP contribution in [0.1, 0.15) is 56.3 Å². The Balaban J connectivity index is 2.16. The van der Waals surface area contributed by atoms with Crippen LogP contribution < -0.4 is 11.1 Å². The van der Waals surface area contributed by atoms with E-state index in [0.717, 1.165) is 24.4 Å². The molecule has 4 nitrogen and oxygen atoms in total. The summed E-state index contributed by atoms with van der Waals surface area (Å²) >= 11 is 0. The standard InChI is InChI=1S/C17H26N2O2/c1-3-12-7-5-8-13(11-12)19-16-14(17(20)21-4-2)9-6-10-15(16)18/h6,9-10,12-13,19H,3-5,7-8,11,18H2,1-2H3. The smallest absolute Gasteiger partial charge is 0.340 e. The molecule has 0 aromatic heterocycles. The number of nitrogens with one attached hydrogen (secondary N) is 1. The van der Waals surface area contributed by atoms with Gasteiger partial charge in [-0.25, -0.2) is 4.79 Å². The van der Waals surface area contributed by atoms with Crippen molar-refractivity contribution in [2.45, 2.75) is 52.0 Å². The summed E-state index contributed by atoms with van der Waals surface area (Å²) in [5.41, 5.74) is 7.95. The van der Waals surface area contributed by atoms with Gasteiger partial charge in [0.1, 0.15) is 0 Å². The highest BCUT2D eigenvalue weighted by molar-refractivity contribution is 5.98. The summed E-state index contributed by atoms with van der Waals surface area (Å²) in [6.45, 7) is 4.42. The number of nitrogens with two attached hydrogens (primary N) is 1. The summed E-state index contributed by atoms with van der Waals surface area (Å²) in [6, 6.07) is 5.78. The molecule has 3 N–H and O–H groups in total. The summed E-state index contributed by atoms with van der Waals surface area (Å²) in [7, 11) is 0. The van der Waals surface area contributed by atoms with Gasteiger partial charge < -0.3 is 15.8 Å². The van der Waals surface area contributed by atoms with Crippen LogP contribution in [-0.4, -0.2) is 18.6 Å². The van der Waals surface area contributed by atoms with Gasteiger partial charge in [0.25, 0.3) is 0 Å². The molecule has 2 rings (SSSR count). The molecule has 1 aliphatic rings. The molecule has 0 amide bonds. The predicted octanol–water partition coefficient (Wildman–Crippen LogP) is 3.83. The molecular weight excluding hydrogens is 264 g/mol. The molecule has 1 aromatic carbocycles. The molecule has 0 heterocycles. The van der Waals surface area contributed by atoms with Crippen LogP contribution in [0.25, 0.3) is 0 Å². The van der Waals surface area contributed by atoms with Gasteiger partial charge >= 0.3 is 5.97 Å². The van der Waals surface area contributed by atoms with E-state index in [1.807, 2.05) is 13.0 Å². The summed E-state index contributed by atoms with van der Waals surface area (Å²) in [4.78, 5) is 12.1. The Labute approximate surface area is 127 Å². The fourth-order valence-corrected chi connectivity index (χ4v) is 3.11. The molecule has 1 fully saturated rings. The third kappa shape index (κ3) is 3.90. The molecule has 2 unspecified atom stereocenters. The van der Waals surface area contributed by atoms with Crippen molar-refractivity contribution in [3.05, 3.63) is 23.8 Å². The van der Waals surface area contributed by atoms with E-state index >= 15 is 0 Å². The van der Waals surface area contributed by atoms with E-state index in [1.54, 1.807) is 12.1 Å². The Morgan fingerprint density at radius 1 is 1.38 bits per heavy atom. The van der Waals surface area contributed by atoms with Crippen molar-refractivity contribution in [1.29, 1.82) is 0 Å². The van der Waals surface area contributed by atoms with Crippen molar-refractivity contribution in [1.82, 2.24) is 0 Å². The molecular formula is C17H26N2O2. The van der Waals surface area contributed by atoms with Crippen molar-refractivity contribution >= 4 is 17.3 Å². The number of para-hydroxylation sites is 1. The second-order valence-corrected chi connectivity index (χ2v) is 5.77. The lowest BCUT2D eigenvalue weighted by Gasteiger charge is -2.30. The van der Waals surface area contributed by atoms with Crippen molar-refractivity contribution < 1.29 is 9.53 Å². The van der Waals surface area contributed by atoms with E-state index in [-0.39, 0.29) is 5.97 Å². The van der Waals surface area contributed by atoms with Crippen molar-refractivity contribution in [3.8, 4) is 0 Å². The third-order valence-electron chi connectivity index (χ3n) is 4.30. The SMILES string of the molecule is CCOC(=O)c1cccc(N)c1NC1CCCC(CC)C1. The number of nitrogen functional groups attached to an aromatic ring is 1. The van der Waals surface area contributed by atoms with Crippen LogP contribution in [0, 0.1) is 5.92 Å². The number of carbonyl (C=O) groups is 1.